The molecule has 2 N–H and O–H groups in total. The van der Waals surface area contributed by atoms with Crippen LogP contribution >= 0.6 is 27.3 Å². The molecule has 2 aromatic heterocycles. The monoisotopic (exact) mass is 327 g/mol. The Hall–Kier alpha value is -1.47. The summed E-state index contributed by atoms with van der Waals surface area (Å²) in [5, 5.41) is 15.0. The Kier molecular flexibility index (Phi) is 4.27. The number of carboxylic acid groups (broad SMARTS) is 1. The Morgan fingerprint density at radius 1 is 1.50 bits per heavy atom. The van der Waals surface area contributed by atoms with Crippen molar-refractivity contribution < 1.29 is 9.90 Å². The van der Waals surface area contributed by atoms with Gasteiger partial charge in [-0.3, -0.25) is 0 Å². The zero-order chi connectivity index (χ0) is 13.0. The van der Waals surface area contributed by atoms with Gasteiger partial charge in [-0.15, -0.1) is 11.3 Å². The average Bonchev–Trinajstić information content (AvgIpc) is 2.84. The zero-order valence-corrected chi connectivity index (χ0v) is 11.7. The van der Waals surface area contributed by atoms with E-state index in [-0.39, 0.29) is 5.56 Å². The summed E-state index contributed by atoms with van der Waals surface area (Å²) < 4.78 is 0.644. The number of nitrogens with one attached hydrogen (secondary N) is 1. The van der Waals surface area contributed by atoms with E-state index in [9.17, 15) is 4.79 Å². The largest absolute Gasteiger partial charge is 0.478 e. The van der Waals surface area contributed by atoms with Crippen LogP contribution < -0.4 is 5.32 Å². The third-order valence-corrected chi connectivity index (χ3v) is 3.47. The second kappa shape index (κ2) is 5.92. The Morgan fingerprint density at radius 3 is 3.00 bits per heavy atom. The Balaban J connectivity index is 2.02. The molecule has 0 fully saturated rings. The fraction of sp³-hybridized carbons (Fsp3) is 0.182. The zero-order valence-electron chi connectivity index (χ0n) is 9.26. The molecule has 0 radical (unpaired) electrons. The van der Waals surface area contributed by atoms with Gasteiger partial charge in [0.25, 0.3) is 0 Å². The second-order valence-electron chi connectivity index (χ2n) is 3.46. The third kappa shape index (κ3) is 3.27. The van der Waals surface area contributed by atoms with E-state index >= 15 is 0 Å². The number of thiazole rings is 1. The lowest BCUT2D eigenvalue weighted by atomic mass is 10.2. The van der Waals surface area contributed by atoms with E-state index in [1.807, 2.05) is 5.38 Å². The van der Waals surface area contributed by atoms with Gasteiger partial charge in [-0.1, -0.05) is 0 Å². The van der Waals surface area contributed by atoms with Crippen LogP contribution in [0.1, 0.15) is 15.4 Å². The molecule has 0 aliphatic carbocycles. The molecule has 0 amide bonds. The first kappa shape index (κ1) is 13.0. The standard InChI is InChI=1S/C11H10BrN3O2S/c12-7-5-8(11(16)17)10(15-6-7)14-2-1-9-13-3-4-18-9/h3-6H,1-2H2,(H,14,15)(H,16,17). The van der Waals surface area contributed by atoms with Crippen molar-refractivity contribution in [2.45, 2.75) is 6.42 Å². The van der Waals surface area contributed by atoms with Crippen LogP contribution in [0.4, 0.5) is 5.82 Å². The van der Waals surface area contributed by atoms with Crippen LogP contribution in [-0.2, 0) is 6.42 Å². The SMILES string of the molecule is O=C(O)c1cc(Br)cnc1NCCc1nccs1. The molecule has 0 atom stereocenters. The maximum Gasteiger partial charge on any atom is 0.339 e. The molecule has 2 rings (SSSR count). The molecule has 7 heteroatoms. The normalized spacial score (nSPS) is 10.3. The lowest BCUT2D eigenvalue weighted by molar-refractivity contribution is 0.0697. The predicted octanol–water partition coefficient (Wildman–Crippen LogP) is 2.65. The van der Waals surface area contributed by atoms with Gasteiger partial charge in [-0.05, 0) is 22.0 Å². The number of hydrogen-bond acceptors (Lipinski definition) is 5. The highest BCUT2D eigenvalue weighted by Gasteiger charge is 2.11. The summed E-state index contributed by atoms with van der Waals surface area (Å²) in [5.74, 6) is -0.622. The molecule has 2 heterocycles. The number of pyridine rings is 1. The van der Waals surface area contributed by atoms with Crippen molar-refractivity contribution in [3.05, 3.63) is 38.9 Å². The van der Waals surface area contributed by atoms with Crippen LogP contribution in [0.3, 0.4) is 0 Å². The highest BCUT2D eigenvalue weighted by Crippen LogP contribution is 2.18. The summed E-state index contributed by atoms with van der Waals surface area (Å²) >= 11 is 4.78. The van der Waals surface area contributed by atoms with Gasteiger partial charge in [0.2, 0.25) is 0 Å². The molecule has 2 aromatic rings. The highest BCUT2D eigenvalue weighted by atomic mass is 79.9. The van der Waals surface area contributed by atoms with Crippen molar-refractivity contribution in [3.63, 3.8) is 0 Å². The van der Waals surface area contributed by atoms with Gasteiger partial charge in [0.05, 0.1) is 5.01 Å². The fourth-order valence-electron chi connectivity index (χ4n) is 1.41. The van der Waals surface area contributed by atoms with Crippen molar-refractivity contribution in [3.8, 4) is 0 Å². The molecular formula is C11H10BrN3O2S. The minimum absolute atomic E-state index is 0.156. The average molecular weight is 328 g/mol. The van der Waals surface area contributed by atoms with Gasteiger partial charge in [0.1, 0.15) is 11.4 Å². The lowest BCUT2D eigenvalue weighted by Gasteiger charge is -2.07. The topological polar surface area (TPSA) is 75.1 Å². The Labute approximate surface area is 116 Å². The summed E-state index contributed by atoms with van der Waals surface area (Å²) in [6.07, 6.45) is 4.06. The van der Waals surface area contributed by atoms with Gasteiger partial charge in [-0.2, -0.15) is 0 Å². The van der Waals surface area contributed by atoms with Gasteiger partial charge in [0.15, 0.2) is 0 Å². The highest BCUT2D eigenvalue weighted by molar-refractivity contribution is 9.10. The van der Waals surface area contributed by atoms with E-state index in [0.29, 0.717) is 16.8 Å². The number of aromatic carboxylic acids is 1. The van der Waals surface area contributed by atoms with Gasteiger partial charge >= 0.3 is 5.97 Å². The molecule has 0 aliphatic heterocycles. The number of aromatic nitrogens is 2. The van der Waals surface area contributed by atoms with E-state index < -0.39 is 5.97 Å². The molecule has 0 bridgehead atoms. The maximum atomic E-state index is 11.1. The Bertz CT molecular complexity index is 545. The molecule has 0 unspecified atom stereocenters. The van der Waals surface area contributed by atoms with Crippen LogP contribution in [0.5, 0.6) is 0 Å². The van der Waals surface area contributed by atoms with E-state index in [0.717, 1.165) is 11.4 Å². The molecular weight excluding hydrogens is 318 g/mol. The summed E-state index contributed by atoms with van der Waals surface area (Å²) in [5.41, 5.74) is 0.156. The molecule has 0 aromatic carbocycles. The van der Waals surface area contributed by atoms with Crippen LogP contribution in [0, 0.1) is 0 Å². The first-order valence-corrected chi connectivity index (χ1v) is 6.85. The number of carbonyl (C=O) groups is 1. The predicted molar refractivity (Wildman–Crippen MR) is 73.2 cm³/mol. The van der Waals surface area contributed by atoms with Crippen LogP contribution in [-0.4, -0.2) is 27.6 Å². The molecule has 18 heavy (non-hydrogen) atoms. The number of nitrogens with zero attached hydrogens (tertiary/aromatic N) is 2. The minimum Gasteiger partial charge on any atom is -0.478 e. The van der Waals surface area contributed by atoms with E-state index in [1.54, 1.807) is 23.7 Å². The fourth-order valence-corrected chi connectivity index (χ4v) is 2.36. The van der Waals surface area contributed by atoms with Gasteiger partial charge in [0, 0.05) is 35.2 Å². The van der Waals surface area contributed by atoms with Crippen LogP contribution in [0.15, 0.2) is 28.3 Å². The van der Waals surface area contributed by atoms with Crippen molar-refractivity contribution in [1.29, 1.82) is 0 Å². The quantitative estimate of drug-likeness (QED) is 0.883. The van der Waals surface area contributed by atoms with Crippen molar-refractivity contribution in [1.82, 2.24) is 9.97 Å². The number of anilines is 1. The van der Waals surface area contributed by atoms with E-state index in [2.05, 4.69) is 31.2 Å². The molecule has 0 spiro atoms. The number of halogens is 1. The summed E-state index contributed by atoms with van der Waals surface area (Å²) in [4.78, 5) is 19.3. The molecule has 0 aliphatic rings. The summed E-state index contributed by atoms with van der Waals surface area (Å²) in [6, 6.07) is 1.53. The number of carboxylic acids is 1. The first-order chi connectivity index (χ1) is 8.66. The smallest absolute Gasteiger partial charge is 0.339 e. The maximum absolute atomic E-state index is 11.1. The summed E-state index contributed by atoms with van der Waals surface area (Å²) in [6.45, 7) is 0.600. The molecule has 5 nitrogen and oxygen atoms in total. The van der Waals surface area contributed by atoms with Crippen molar-refractivity contribution in [2.24, 2.45) is 0 Å². The lowest BCUT2D eigenvalue weighted by Crippen LogP contribution is -2.11. The second-order valence-corrected chi connectivity index (χ2v) is 5.35. The molecule has 0 saturated heterocycles. The third-order valence-electron chi connectivity index (χ3n) is 2.20. The first-order valence-electron chi connectivity index (χ1n) is 5.18. The van der Waals surface area contributed by atoms with Crippen LogP contribution in [0.25, 0.3) is 0 Å². The van der Waals surface area contributed by atoms with Crippen LogP contribution in [0.2, 0.25) is 0 Å². The van der Waals surface area contributed by atoms with Crippen molar-refractivity contribution >= 4 is 39.1 Å². The minimum atomic E-state index is -0.999. The number of hydrogen-bond donors (Lipinski definition) is 2. The van der Waals surface area contributed by atoms with E-state index in [1.165, 1.54) is 6.07 Å². The number of rotatable bonds is 5. The Morgan fingerprint density at radius 2 is 2.33 bits per heavy atom. The molecule has 0 saturated carbocycles. The van der Waals surface area contributed by atoms with Crippen molar-refractivity contribution in [2.75, 3.05) is 11.9 Å². The van der Waals surface area contributed by atoms with E-state index in [4.69, 9.17) is 5.11 Å². The van der Waals surface area contributed by atoms with Gasteiger partial charge < -0.3 is 10.4 Å². The van der Waals surface area contributed by atoms with Gasteiger partial charge in [-0.25, -0.2) is 14.8 Å². The summed E-state index contributed by atoms with van der Waals surface area (Å²) in [7, 11) is 0. The molecule has 94 valence electrons.